The summed E-state index contributed by atoms with van der Waals surface area (Å²) in [5, 5.41) is 12.5. The Kier molecular flexibility index (Phi) is 4.95. The van der Waals surface area contributed by atoms with Crippen molar-refractivity contribution >= 4 is 23.5 Å². The van der Waals surface area contributed by atoms with Gasteiger partial charge in [0, 0.05) is 11.6 Å². The maximum atomic E-state index is 11.9. The van der Waals surface area contributed by atoms with Crippen LogP contribution in [0.1, 0.15) is 21.5 Å². The molecular formula is C16H14ClNO3. The van der Waals surface area contributed by atoms with Gasteiger partial charge in [0.25, 0.3) is 0 Å². The average Bonchev–Trinajstić information content (AvgIpc) is 2.47. The molecule has 0 radical (unpaired) electrons. The number of rotatable bonds is 5. The molecule has 0 aliphatic heterocycles. The molecule has 0 saturated carbocycles. The Hall–Kier alpha value is -2.33. The molecule has 0 saturated heterocycles. The van der Waals surface area contributed by atoms with Crippen LogP contribution in [0.3, 0.4) is 0 Å². The number of carboxylic acids is 1. The molecular weight excluding hydrogens is 290 g/mol. The van der Waals surface area contributed by atoms with Crippen LogP contribution in [-0.4, -0.2) is 17.0 Å². The van der Waals surface area contributed by atoms with Gasteiger partial charge in [-0.1, -0.05) is 41.9 Å². The lowest BCUT2D eigenvalue weighted by Gasteiger charge is -2.07. The van der Waals surface area contributed by atoms with E-state index in [9.17, 15) is 9.59 Å². The molecule has 2 aromatic rings. The summed E-state index contributed by atoms with van der Waals surface area (Å²) in [5.74, 6) is -1.25. The maximum Gasteiger partial charge on any atom is 0.335 e. The van der Waals surface area contributed by atoms with Gasteiger partial charge >= 0.3 is 5.97 Å². The van der Waals surface area contributed by atoms with Gasteiger partial charge in [-0.05, 0) is 29.3 Å². The minimum absolute atomic E-state index is 0.0378. The van der Waals surface area contributed by atoms with E-state index in [0.29, 0.717) is 17.1 Å². The molecule has 0 heterocycles. The van der Waals surface area contributed by atoms with Crippen molar-refractivity contribution in [3.63, 3.8) is 0 Å². The van der Waals surface area contributed by atoms with Crippen molar-refractivity contribution in [3.8, 4) is 0 Å². The first-order valence-electron chi connectivity index (χ1n) is 6.38. The highest BCUT2D eigenvalue weighted by molar-refractivity contribution is 6.30. The smallest absolute Gasteiger partial charge is 0.335 e. The molecule has 21 heavy (non-hydrogen) atoms. The van der Waals surface area contributed by atoms with Gasteiger partial charge in [0.2, 0.25) is 5.91 Å². The second kappa shape index (κ2) is 6.90. The Morgan fingerprint density at radius 3 is 2.38 bits per heavy atom. The normalized spacial score (nSPS) is 10.1. The Labute approximate surface area is 127 Å². The molecule has 1 amide bonds. The van der Waals surface area contributed by atoms with Crippen LogP contribution in [0.4, 0.5) is 0 Å². The molecule has 0 unspecified atom stereocenters. The molecule has 2 aromatic carbocycles. The zero-order valence-corrected chi connectivity index (χ0v) is 11.9. The molecule has 0 aliphatic rings. The second-order valence-corrected chi connectivity index (χ2v) is 4.98. The van der Waals surface area contributed by atoms with Crippen molar-refractivity contribution in [2.75, 3.05) is 0 Å². The third-order valence-electron chi connectivity index (χ3n) is 3.00. The average molecular weight is 304 g/mol. The molecule has 0 atom stereocenters. The Morgan fingerprint density at radius 2 is 1.71 bits per heavy atom. The van der Waals surface area contributed by atoms with Gasteiger partial charge in [-0.25, -0.2) is 4.79 Å². The van der Waals surface area contributed by atoms with Gasteiger partial charge < -0.3 is 10.4 Å². The van der Waals surface area contributed by atoms with E-state index >= 15 is 0 Å². The zero-order chi connectivity index (χ0) is 15.2. The Balaban J connectivity index is 1.96. The molecule has 2 rings (SSSR count). The summed E-state index contributed by atoms with van der Waals surface area (Å²) < 4.78 is 0. The SMILES string of the molecule is O=C(Cc1ccccc1C(=O)O)NCc1ccc(Cl)cc1. The van der Waals surface area contributed by atoms with Gasteiger partial charge in [0.15, 0.2) is 0 Å². The van der Waals surface area contributed by atoms with Gasteiger partial charge in [-0.2, -0.15) is 0 Å². The van der Waals surface area contributed by atoms with E-state index in [1.807, 2.05) is 12.1 Å². The predicted molar refractivity (Wildman–Crippen MR) is 80.4 cm³/mol. The first-order chi connectivity index (χ1) is 10.1. The molecule has 0 aromatic heterocycles. The number of hydrogen-bond acceptors (Lipinski definition) is 2. The third kappa shape index (κ3) is 4.33. The molecule has 108 valence electrons. The fourth-order valence-electron chi connectivity index (χ4n) is 1.92. The number of aromatic carboxylic acids is 1. The molecule has 4 nitrogen and oxygen atoms in total. The van der Waals surface area contributed by atoms with E-state index in [1.54, 1.807) is 30.3 Å². The number of benzene rings is 2. The minimum atomic E-state index is -1.03. The van der Waals surface area contributed by atoms with Crippen LogP contribution < -0.4 is 5.32 Å². The summed E-state index contributed by atoms with van der Waals surface area (Å²) >= 11 is 5.79. The number of carboxylic acid groups (broad SMARTS) is 1. The van der Waals surface area contributed by atoms with Crippen molar-refractivity contribution in [2.24, 2.45) is 0 Å². The highest BCUT2D eigenvalue weighted by atomic mass is 35.5. The standard InChI is InChI=1S/C16H14ClNO3/c17-13-7-5-11(6-8-13)10-18-15(19)9-12-3-1-2-4-14(12)16(20)21/h1-8H,9-10H2,(H,18,19)(H,20,21). The lowest BCUT2D eigenvalue weighted by Crippen LogP contribution is -2.25. The summed E-state index contributed by atoms with van der Waals surface area (Å²) in [7, 11) is 0. The van der Waals surface area contributed by atoms with E-state index in [4.69, 9.17) is 16.7 Å². The lowest BCUT2D eigenvalue weighted by molar-refractivity contribution is -0.120. The van der Waals surface area contributed by atoms with Crippen LogP contribution >= 0.6 is 11.6 Å². The van der Waals surface area contributed by atoms with Gasteiger partial charge in [-0.15, -0.1) is 0 Å². The summed E-state index contributed by atoms with van der Waals surface area (Å²) in [6, 6.07) is 13.6. The Bertz CT molecular complexity index is 653. The van der Waals surface area contributed by atoms with Crippen LogP contribution in [0.2, 0.25) is 5.02 Å². The van der Waals surface area contributed by atoms with Crippen molar-refractivity contribution in [2.45, 2.75) is 13.0 Å². The summed E-state index contributed by atoms with van der Waals surface area (Å²) in [5.41, 5.74) is 1.58. The van der Waals surface area contributed by atoms with Crippen LogP contribution in [-0.2, 0) is 17.8 Å². The molecule has 5 heteroatoms. The highest BCUT2D eigenvalue weighted by Gasteiger charge is 2.12. The third-order valence-corrected chi connectivity index (χ3v) is 3.25. The van der Waals surface area contributed by atoms with Crippen LogP contribution in [0.25, 0.3) is 0 Å². The molecule has 0 spiro atoms. The summed E-state index contributed by atoms with van der Waals surface area (Å²) in [6.45, 7) is 0.380. The quantitative estimate of drug-likeness (QED) is 0.892. The molecule has 0 bridgehead atoms. The first kappa shape index (κ1) is 15.1. The molecule has 0 aliphatic carbocycles. The van der Waals surface area contributed by atoms with E-state index in [2.05, 4.69) is 5.32 Å². The number of amides is 1. The lowest BCUT2D eigenvalue weighted by atomic mass is 10.0. The van der Waals surface area contributed by atoms with E-state index in [-0.39, 0.29) is 17.9 Å². The monoisotopic (exact) mass is 303 g/mol. The fraction of sp³-hybridized carbons (Fsp3) is 0.125. The number of hydrogen-bond donors (Lipinski definition) is 2. The molecule has 0 fully saturated rings. The Morgan fingerprint density at radius 1 is 1.05 bits per heavy atom. The summed E-state index contributed by atoms with van der Waals surface area (Å²) in [6.07, 6.45) is 0.0378. The van der Waals surface area contributed by atoms with Crippen LogP contribution in [0, 0.1) is 0 Å². The maximum absolute atomic E-state index is 11.9. The van der Waals surface area contributed by atoms with Gasteiger partial charge in [0.05, 0.1) is 12.0 Å². The highest BCUT2D eigenvalue weighted by Crippen LogP contribution is 2.11. The number of halogens is 1. The number of carbonyl (C=O) groups excluding carboxylic acids is 1. The zero-order valence-electron chi connectivity index (χ0n) is 11.2. The fourth-order valence-corrected chi connectivity index (χ4v) is 2.05. The van der Waals surface area contributed by atoms with E-state index in [0.717, 1.165) is 5.56 Å². The van der Waals surface area contributed by atoms with Crippen molar-refractivity contribution in [1.29, 1.82) is 0 Å². The largest absolute Gasteiger partial charge is 0.478 e. The minimum Gasteiger partial charge on any atom is -0.478 e. The number of carbonyl (C=O) groups is 2. The van der Waals surface area contributed by atoms with E-state index < -0.39 is 5.97 Å². The second-order valence-electron chi connectivity index (χ2n) is 4.54. The number of nitrogens with one attached hydrogen (secondary N) is 1. The van der Waals surface area contributed by atoms with Crippen molar-refractivity contribution in [3.05, 3.63) is 70.2 Å². The van der Waals surface area contributed by atoms with Gasteiger partial charge in [-0.3, -0.25) is 4.79 Å². The van der Waals surface area contributed by atoms with Crippen molar-refractivity contribution < 1.29 is 14.7 Å². The predicted octanol–water partition coefficient (Wildman–Crippen LogP) is 2.90. The van der Waals surface area contributed by atoms with E-state index in [1.165, 1.54) is 6.07 Å². The van der Waals surface area contributed by atoms with Crippen LogP contribution in [0.15, 0.2) is 48.5 Å². The van der Waals surface area contributed by atoms with Crippen molar-refractivity contribution in [1.82, 2.24) is 5.32 Å². The molecule has 2 N–H and O–H groups in total. The van der Waals surface area contributed by atoms with Crippen LogP contribution in [0.5, 0.6) is 0 Å². The summed E-state index contributed by atoms with van der Waals surface area (Å²) in [4.78, 5) is 23.0. The first-order valence-corrected chi connectivity index (χ1v) is 6.76. The topological polar surface area (TPSA) is 66.4 Å². The van der Waals surface area contributed by atoms with Gasteiger partial charge in [0.1, 0.15) is 0 Å².